The number of benzene rings is 1. The first kappa shape index (κ1) is 14.9. The fourth-order valence-electron chi connectivity index (χ4n) is 2.95. The maximum Gasteiger partial charge on any atom is 0.213 e. The van der Waals surface area contributed by atoms with Gasteiger partial charge in [0.1, 0.15) is 18.0 Å². The summed E-state index contributed by atoms with van der Waals surface area (Å²) in [5.41, 5.74) is 1.75. The van der Waals surface area contributed by atoms with Crippen molar-refractivity contribution in [3.8, 4) is 0 Å². The number of fused-ring (bicyclic) bond motifs is 2. The van der Waals surface area contributed by atoms with E-state index >= 15 is 0 Å². The minimum absolute atomic E-state index is 0.184. The summed E-state index contributed by atoms with van der Waals surface area (Å²) in [6, 6.07) is 4.68. The van der Waals surface area contributed by atoms with Crippen LogP contribution in [0.15, 0.2) is 24.5 Å². The van der Waals surface area contributed by atoms with Crippen molar-refractivity contribution in [1.29, 1.82) is 0 Å². The van der Waals surface area contributed by atoms with Crippen LogP contribution in [0.2, 0.25) is 0 Å². The quantitative estimate of drug-likeness (QED) is 0.712. The molecule has 24 heavy (non-hydrogen) atoms. The summed E-state index contributed by atoms with van der Waals surface area (Å²) in [7, 11) is 0. The maximum absolute atomic E-state index is 13.5. The number of anilines is 2. The van der Waals surface area contributed by atoms with Crippen molar-refractivity contribution in [2.24, 2.45) is 0 Å². The second-order valence-electron chi connectivity index (χ2n) is 5.62. The number of aromatic nitrogens is 3. The lowest BCUT2D eigenvalue weighted by atomic mass is 9.97. The third-order valence-corrected chi connectivity index (χ3v) is 5.11. The molecule has 0 fully saturated rings. The molecule has 0 saturated heterocycles. The molecule has 1 unspecified atom stereocenters. The van der Waals surface area contributed by atoms with E-state index in [1.807, 2.05) is 0 Å². The van der Waals surface area contributed by atoms with Gasteiger partial charge in [-0.1, -0.05) is 0 Å². The van der Waals surface area contributed by atoms with Crippen LogP contribution in [0.3, 0.4) is 0 Å². The van der Waals surface area contributed by atoms with Gasteiger partial charge in [0.15, 0.2) is 5.13 Å². The Kier molecular flexibility index (Phi) is 3.81. The van der Waals surface area contributed by atoms with Crippen molar-refractivity contribution in [1.82, 2.24) is 15.0 Å². The molecule has 0 saturated carbocycles. The van der Waals surface area contributed by atoms with E-state index in [4.69, 9.17) is 0 Å². The van der Waals surface area contributed by atoms with Crippen molar-refractivity contribution in [3.05, 3.63) is 40.9 Å². The first-order valence-electron chi connectivity index (χ1n) is 7.58. The normalized spacial score (nSPS) is 16.6. The highest BCUT2D eigenvalue weighted by atomic mass is 32.1. The number of hydrogen-bond donors (Lipinski definition) is 2. The molecular weight excluding hydrogens is 329 g/mol. The van der Waals surface area contributed by atoms with Crippen molar-refractivity contribution >= 4 is 39.6 Å². The van der Waals surface area contributed by atoms with Gasteiger partial charge in [-0.25, -0.2) is 19.3 Å². The Morgan fingerprint density at radius 1 is 1.33 bits per heavy atom. The van der Waals surface area contributed by atoms with Crippen LogP contribution in [0.4, 0.5) is 15.3 Å². The summed E-state index contributed by atoms with van der Waals surface area (Å²) < 4.78 is 13.5. The minimum Gasteiger partial charge on any atom is -0.366 e. The van der Waals surface area contributed by atoms with Crippen LogP contribution in [0.25, 0.3) is 10.9 Å². The van der Waals surface area contributed by atoms with E-state index in [1.165, 1.54) is 29.8 Å². The molecule has 122 valence electrons. The van der Waals surface area contributed by atoms with Crippen molar-refractivity contribution in [3.63, 3.8) is 0 Å². The van der Waals surface area contributed by atoms with E-state index in [2.05, 4.69) is 25.6 Å². The SMILES string of the molecule is O=CNc1nc2c(s1)CC(Nc1ncnc3ccc(F)cc13)CC2. The lowest BCUT2D eigenvalue weighted by Gasteiger charge is -2.23. The van der Waals surface area contributed by atoms with E-state index in [9.17, 15) is 9.18 Å². The Morgan fingerprint density at radius 2 is 2.25 bits per heavy atom. The zero-order chi connectivity index (χ0) is 16.5. The zero-order valence-electron chi connectivity index (χ0n) is 12.6. The monoisotopic (exact) mass is 343 g/mol. The van der Waals surface area contributed by atoms with Crippen LogP contribution < -0.4 is 10.6 Å². The van der Waals surface area contributed by atoms with E-state index in [-0.39, 0.29) is 11.9 Å². The first-order valence-corrected chi connectivity index (χ1v) is 8.40. The van der Waals surface area contributed by atoms with E-state index in [0.29, 0.717) is 28.3 Å². The Hall–Kier alpha value is -2.61. The molecule has 1 aliphatic carbocycles. The summed E-state index contributed by atoms with van der Waals surface area (Å²) in [5.74, 6) is 0.335. The third kappa shape index (κ3) is 2.80. The van der Waals surface area contributed by atoms with Crippen LogP contribution in [-0.4, -0.2) is 27.4 Å². The van der Waals surface area contributed by atoms with Gasteiger partial charge in [0, 0.05) is 22.7 Å². The van der Waals surface area contributed by atoms with Gasteiger partial charge in [-0.15, -0.1) is 11.3 Å². The molecule has 0 bridgehead atoms. The first-order chi connectivity index (χ1) is 11.7. The largest absolute Gasteiger partial charge is 0.366 e. The lowest BCUT2D eigenvalue weighted by Crippen LogP contribution is -2.27. The predicted octanol–water partition coefficient (Wildman–Crippen LogP) is 2.76. The number of halogens is 1. The molecule has 0 aliphatic heterocycles. The van der Waals surface area contributed by atoms with Crippen LogP contribution in [-0.2, 0) is 17.6 Å². The Labute approximate surface area is 141 Å². The molecule has 1 atom stereocenters. The number of hydrogen-bond acceptors (Lipinski definition) is 6. The fourth-order valence-corrected chi connectivity index (χ4v) is 3.99. The molecule has 0 spiro atoms. The van der Waals surface area contributed by atoms with E-state index in [0.717, 1.165) is 29.8 Å². The number of carbonyl (C=O) groups excluding carboxylic acids is 1. The highest BCUT2D eigenvalue weighted by molar-refractivity contribution is 7.15. The fraction of sp³-hybridized carbons (Fsp3) is 0.250. The van der Waals surface area contributed by atoms with Crippen LogP contribution in [0.1, 0.15) is 17.0 Å². The Balaban J connectivity index is 1.58. The van der Waals surface area contributed by atoms with Crippen LogP contribution in [0, 0.1) is 5.82 Å². The zero-order valence-corrected chi connectivity index (χ0v) is 13.4. The predicted molar refractivity (Wildman–Crippen MR) is 90.7 cm³/mol. The Morgan fingerprint density at radius 3 is 3.12 bits per heavy atom. The molecule has 1 aromatic carbocycles. The molecule has 1 amide bonds. The summed E-state index contributed by atoms with van der Waals surface area (Å²) in [6.07, 6.45) is 4.66. The molecule has 2 heterocycles. The van der Waals surface area contributed by atoms with Gasteiger partial charge in [-0.2, -0.15) is 0 Å². The second kappa shape index (κ2) is 6.12. The highest BCUT2D eigenvalue weighted by Crippen LogP contribution is 2.31. The van der Waals surface area contributed by atoms with Gasteiger partial charge in [0.25, 0.3) is 0 Å². The highest BCUT2D eigenvalue weighted by Gasteiger charge is 2.23. The summed E-state index contributed by atoms with van der Waals surface area (Å²) in [4.78, 5) is 24.6. The second-order valence-corrected chi connectivity index (χ2v) is 6.70. The number of carbonyl (C=O) groups is 1. The van der Waals surface area contributed by atoms with Crippen molar-refractivity contribution in [2.45, 2.75) is 25.3 Å². The minimum atomic E-state index is -0.307. The maximum atomic E-state index is 13.5. The smallest absolute Gasteiger partial charge is 0.213 e. The molecule has 3 aromatic rings. The molecule has 1 aliphatic rings. The van der Waals surface area contributed by atoms with Gasteiger partial charge >= 0.3 is 0 Å². The molecule has 6 nitrogen and oxygen atoms in total. The van der Waals surface area contributed by atoms with Gasteiger partial charge in [-0.3, -0.25) is 4.79 Å². The number of rotatable bonds is 4. The van der Waals surface area contributed by atoms with Crippen LogP contribution >= 0.6 is 11.3 Å². The summed E-state index contributed by atoms with van der Waals surface area (Å²) >= 11 is 1.49. The molecular formula is C16H14FN5OS. The Bertz CT molecular complexity index is 913. The van der Waals surface area contributed by atoms with Gasteiger partial charge in [0.05, 0.1) is 11.2 Å². The third-order valence-electron chi connectivity index (χ3n) is 4.06. The number of nitrogens with zero attached hydrogens (tertiary/aromatic N) is 3. The standard InChI is InChI=1S/C16H14FN5OS/c17-9-1-3-12-11(5-9)15(19-7-18-12)21-10-2-4-13-14(6-10)24-16(22-13)20-8-23/h1,3,5,7-8,10H,2,4,6H2,(H,18,19,21)(H,20,22,23). The van der Waals surface area contributed by atoms with Crippen molar-refractivity contribution < 1.29 is 9.18 Å². The average molecular weight is 343 g/mol. The van der Waals surface area contributed by atoms with Crippen molar-refractivity contribution in [2.75, 3.05) is 10.6 Å². The molecule has 8 heteroatoms. The van der Waals surface area contributed by atoms with Gasteiger partial charge in [0.2, 0.25) is 6.41 Å². The molecule has 0 radical (unpaired) electrons. The summed E-state index contributed by atoms with van der Waals surface area (Å²) in [6.45, 7) is 0. The van der Waals surface area contributed by atoms with E-state index in [1.54, 1.807) is 6.07 Å². The van der Waals surface area contributed by atoms with Gasteiger partial charge < -0.3 is 10.6 Å². The lowest BCUT2D eigenvalue weighted by molar-refractivity contribution is -0.105. The van der Waals surface area contributed by atoms with Crippen LogP contribution in [0.5, 0.6) is 0 Å². The number of thiazole rings is 1. The summed E-state index contributed by atoms with van der Waals surface area (Å²) in [5, 5.41) is 7.31. The van der Waals surface area contributed by atoms with Gasteiger partial charge in [-0.05, 0) is 31.0 Å². The molecule has 2 N–H and O–H groups in total. The average Bonchev–Trinajstić information content (AvgIpc) is 2.97. The molecule has 2 aromatic heterocycles. The number of amides is 1. The number of nitrogens with one attached hydrogen (secondary N) is 2. The van der Waals surface area contributed by atoms with E-state index < -0.39 is 0 Å². The molecule has 4 rings (SSSR count). The number of aryl methyl sites for hydroxylation is 1. The topological polar surface area (TPSA) is 79.8 Å².